The van der Waals surface area contributed by atoms with Gasteiger partial charge in [0.2, 0.25) is 0 Å². The van der Waals surface area contributed by atoms with Crippen molar-refractivity contribution in [3.05, 3.63) is 55.6 Å². The highest BCUT2D eigenvalue weighted by Crippen LogP contribution is 2.17. The molecule has 1 amide bonds. The number of thiophene rings is 1. The summed E-state index contributed by atoms with van der Waals surface area (Å²) >= 11 is 7.53. The Morgan fingerprint density at radius 2 is 2.39 bits per heavy atom. The summed E-state index contributed by atoms with van der Waals surface area (Å²) in [5.74, 6) is -0.203. The molecule has 1 saturated heterocycles. The number of amides is 1. The molecular formula is C16H18ClN3O2S. The van der Waals surface area contributed by atoms with E-state index in [-0.39, 0.29) is 22.5 Å². The summed E-state index contributed by atoms with van der Waals surface area (Å²) < 4.78 is 0. The molecule has 2 aromatic heterocycles. The van der Waals surface area contributed by atoms with Crippen molar-refractivity contribution in [3.63, 3.8) is 0 Å². The van der Waals surface area contributed by atoms with Gasteiger partial charge in [-0.25, -0.2) is 0 Å². The van der Waals surface area contributed by atoms with Crippen LogP contribution in [0.25, 0.3) is 0 Å². The first-order valence-corrected chi connectivity index (χ1v) is 8.81. The van der Waals surface area contributed by atoms with Gasteiger partial charge in [-0.3, -0.25) is 14.5 Å². The maximum Gasteiger partial charge on any atom is 0.266 e. The van der Waals surface area contributed by atoms with Crippen LogP contribution in [0.1, 0.15) is 28.1 Å². The van der Waals surface area contributed by atoms with Gasteiger partial charge < -0.3 is 10.3 Å². The maximum absolute atomic E-state index is 12.3. The number of rotatable bonds is 4. The van der Waals surface area contributed by atoms with Crippen LogP contribution in [0.5, 0.6) is 0 Å². The van der Waals surface area contributed by atoms with E-state index in [9.17, 15) is 9.59 Å². The summed E-state index contributed by atoms with van der Waals surface area (Å²) in [6.45, 7) is 2.81. The second kappa shape index (κ2) is 7.29. The number of aromatic nitrogens is 1. The van der Waals surface area contributed by atoms with E-state index in [1.807, 2.05) is 0 Å². The van der Waals surface area contributed by atoms with Crippen LogP contribution in [0.2, 0.25) is 5.02 Å². The predicted octanol–water partition coefficient (Wildman–Crippen LogP) is 2.48. The first-order chi connectivity index (χ1) is 11.1. The molecule has 0 radical (unpaired) electrons. The first-order valence-electron chi connectivity index (χ1n) is 7.55. The number of nitrogens with one attached hydrogen (secondary N) is 2. The van der Waals surface area contributed by atoms with E-state index in [1.165, 1.54) is 17.1 Å². The predicted molar refractivity (Wildman–Crippen MR) is 92.2 cm³/mol. The fraction of sp³-hybridized carbons (Fsp3) is 0.375. The molecule has 3 heterocycles. The van der Waals surface area contributed by atoms with Crippen molar-refractivity contribution in [3.8, 4) is 0 Å². The van der Waals surface area contributed by atoms with Crippen molar-refractivity contribution < 1.29 is 4.79 Å². The number of piperidine rings is 1. The standard InChI is InChI=1S/C16H18ClN3O2S/c17-14-7-11(8-18-16(14)22)15(21)19-12-3-1-5-20(9-12)10-13-4-2-6-23-13/h2,4,6-8,12H,1,3,5,9-10H2,(H,18,22)(H,19,21)/t12-/m1/s1. The van der Waals surface area contributed by atoms with Crippen molar-refractivity contribution >= 4 is 28.8 Å². The van der Waals surface area contributed by atoms with E-state index < -0.39 is 0 Å². The summed E-state index contributed by atoms with van der Waals surface area (Å²) in [6.07, 6.45) is 3.42. The van der Waals surface area contributed by atoms with Gasteiger partial charge in [-0.15, -0.1) is 11.3 Å². The molecule has 1 fully saturated rings. The molecule has 7 heteroatoms. The summed E-state index contributed by atoms with van der Waals surface area (Å²) in [4.78, 5) is 29.7. The molecule has 23 heavy (non-hydrogen) atoms. The van der Waals surface area contributed by atoms with Gasteiger partial charge in [0.25, 0.3) is 11.5 Å². The van der Waals surface area contributed by atoms with E-state index in [2.05, 4.69) is 32.7 Å². The maximum atomic E-state index is 12.3. The van der Waals surface area contributed by atoms with Crippen molar-refractivity contribution in [2.75, 3.05) is 13.1 Å². The minimum Gasteiger partial charge on any atom is -0.348 e. The Kier molecular flexibility index (Phi) is 5.15. The Bertz CT molecular complexity index is 729. The molecule has 2 aromatic rings. The van der Waals surface area contributed by atoms with Crippen LogP contribution in [0.15, 0.2) is 34.6 Å². The largest absolute Gasteiger partial charge is 0.348 e. The van der Waals surface area contributed by atoms with E-state index in [4.69, 9.17) is 11.6 Å². The van der Waals surface area contributed by atoms with Crippen LogP contribution in [0, 0.1) is 0 Å². The van der Waals surface area contributed by atoms with Gasteiger partial charge in [0.05, 0.1) is 5.56 Å². The lowest BCUT2D eigenvalue weighted by Gasteiger charge is -2.32. The minimum atomic E-state index is -0.386. The fourth-order valence-corrected chi connectivity index (χ4v) is 3.71. The molecule has 0 aromatic carbocycles. The van der Waals surface area contributed by atoms with Gasteiger partial charge in [-0.2, -0.15) is 0 Å². The third-order valence-corrected chi connectivity index (χ3v) is 5.06. The molecule has 122 valence electrons. The summed E-state index contributed by atoms with van der Waals surface area (Å²) in [6, 6.07) is 5.71. The number of H-pyrrole nitrogens is 1. The quantitative estimate of drug-likeness (QED) is 0.889. The van der Waals surface area contributed by atoms with Crippen molar-refractivity contribution in [2.45, 2.75) is 25.4 Å². The smallest absolute Gasteiger partial charge is 0.266 e. The summed E-state index contributed by atoms with van der Waals surface area (Å²) in [7, 11) is 0. The zero-order valence-corrected chi connectivity index (χ0v) is 14.1. The van der Waals surface area contributed by atoms with Crippen molar-refractivity contribution in [1.82, 2.24) is 15.2 Å². The normalized spacial score (nSPS) is 18.7. The number of hydrogen-bond acceptors (Lipinski definition) is 4. The zero-order valence-electron chi connectivity index (χ0n) is 12.5. The monoisotopic (exact) mass is 351 g/mol. The molecule has 1 aliphatic heterocycles. The molecule has 1 atom stereocenters. The second-order valence-electron chi connectivity index (χ2n) is 5.69. The number of carbonyl (C=O) groups excluding carboxylic acids is 1. The van der Waals surface area contributed by atoms with Crippen LogP contribution in [0.3, 0.4) is 0 Å². The number of hydrogen-bond donors (Lipinski definition) is 2. The lowest BCUT2D eigenvalue weighted by atomic mass is 10.1. The Morgan fingerprint density at radius 1 is 1.52 bits per heavy atom. The van der Waals surface area contributed by atoms with Crippen LogP contribution in [0.4, 0.5) is 0 Å². The first kappa shape index (κ1) is 16.2. The van der Waals surface area contributed by atoms with Gasteiger partial charge in [0.15, 0.2) is 0 Å². The van der Waals surface area contributed by atoms with Crippen LogP contribution >= 0.6 is 22.9 Å². The number of aromatic amines is 1. The fourth-order valence-electron chi connectivity index (χ4n) is 2.80. The highest BCUT2D eigenvalue weighted by Gasteiger charge is 2.22. The van der Waals surface area contributed by atoms with Gasteiger partial charge in [-0.05, 0) is 36.9 Å². The molecule has 0 aliphatic carbocycles. The minimum absolute atomic E-state index is 0.0283. The summed E-state index contributed by atoms with van der Waals surface area (Å²) in [5, 5.41) is 5.14. The molecular weight excluding hydrogens is 334 g/mol. The zero-order chi connectivity index (χ0) is 16.2. The Balaban J connectivity index is 1.59. The number of nitrogens with zero attached hydrogens (tertiary/aromatic N) is 1. The van der Waals surface area contributed by atoms with E-state index in [0.29, 0.717) is 5.56 Å². The Morgan fingerprint density at radius 3 is 3.13 bits per heavy atom. The lowest BCUT2D eigenvalue weighted by Crippen LogP contribution is -2.47. The van der Waals surface area contributed by atoms with E-state index in [1.54, 1.807) is 11.3 Å². The SMILES string of the molecule is O=C(N[C@@H]1CCCN(Cc2cccs2)C1)c1c[nH]c(=O)c(Cl)c1. The average Bonchev–Trinajstić information content (AvgIpc) is 3.03. The summed E-state index contributed by atoms with van der Waals surface area (Å²) in [5.41, 5.74) is -0.00649. The van der Waals surface area contributed by atoms with Crippen molar-refractivity contribution in [1.29, 1.82) is 0 Å². The van der Waals surface area contributed by atoms with Crippen molar-refractivity contribution in [2.24, 2.45) is 0 Å². The van der Waals surface area contributed by atoms with Gasteiger partial charge in [0, 0.05) is 30.2 Å². The molecule has 0 spiro atoms. The number of carbonyl (C=O) groups is 1. The third-order valence-electron chi connectivity index (χ3n) is 3.92. The average molecular weight is 352 g/mol. The molecule has 5 nitrogen and oxygen atoms in total. The van der Waals surface area contributed by atoms with Gasteiger partial charge in [0.1, 0.15) is 5.02 Å². The van der Waals surface area contributed by atoms with Gasteiger partial charge in [-0.1, -0.05) is 17.7 Å². The van der Waals surface area contributed by atoms with E-state index in [0.717, 1.165) is 32.5 Å². The Labute approximate surface area is 143 Å². The molecule has 3 rings (SSSR count). The Hall–Kier alpha value is -1.63. The molecule has 0 unspecified atom stereocenters. The van der Waals surface area contributed by atoms with Crippen LogP contribution < -0.4 is 10.9 Å². The third kappa shape index (κ3) is 4.22. The molecule has 0 saturated carbocycles. The molecule has 2 N–H and O–H groups in total. The van der Waals surface area contributed by atoms with Gasteiger partial charge >= 0.3 is 0 Å². The highest BCUT2D eigenvalue weighted by atomic mass is 35.5. The number of pyridine rings is 1. The van der Waals surface area contributed by atoms with E-state index >= 15 is 0 Å². The topological polar surface area (TPSA) is 65.2 Å². The highest BCUT2D eigenvalue weighted by molar-refractivity contribution is 7.09. The number of likely N-dealkylation sites (tertiary alicyclic amines) is 1. The van der Waals surface area contributed by atoms with Crippen LogP contribution in [-0.2, 0) is 6.54 Å². The molecule has 1 aliphatic rings. The van der Waals surface area contributed by atoms with Crippen LogP contribution in [-0.4, -0.2) is 34.9 Å². The lowest BCUT2D eigenvalue weighted by molar-refractivity contribution is 0.0901. The number of halogens is 1. The second-order valence-corrected chi connectivity index (χ2v) is 7.13. The molecule has 0 bridgehead atoms.